The molecule has 0 fully saturated rings. The topological polar surface area (TPSA) is 68.0 Å². The Morgan fingerprint density at radius 1 is 1.16 bits per heavy atom. The van der Waals surface area contributed by atoms with Crippen LogP contribution in [0.5, 0.6) is 0 Å². The van der Waals surface area contributed by atoms with Crippen LogP contribution in [-0.4, -0.2) is 16.1 Å². The molecule has 5 nitrogen and oxygen atoms in total. The van der Waals surface area contributed by atoms with Gasteiger partial charge in [0.05, 0.1) is 6.04 Å². The lowest BCUT2D eigenvalue weighted by Crippen LogP contribution is -2.26. The second-order valence-corrected chi connectivity index (χ2v) is 4.71. The Labute approximate surface area is 112 Å². The summed E-state index contributed by atoms with van der Waals surface area (Å²) in [4.78, 5) is 12.0. The number of carbonyl (C=O) groups is 1. The van der Waals surface area contributed by atoms with E-state index in [1.807, 2.05) is 51.1 Å². The van der Waals surface area contributed by atoms with Crippen molar-refractivity contribution in [2.75, 3.05) is 0 Å². The molecule has 0 spiro atoms. The number of rotatable bonds is 4. The third kappa shape index (κ3) is 3.19. The van der Waals surface area contributed by atoms with Crippen LogP contribution in [0.2, 0.25) is 0 Å². The zero-order valence-corrected chi connectivity index (χ0v) is 11.3. The van der Waals surface area contributed by atoms with Crippen LogP contribution in [0, 0.1) is 0 Å². The Balaban J connectivity index is 2.04. The van der Waals surface area contributed by atoms with E-state index < -0.39 is 0 Å². The van der Waals surface area contributed by atoms with Gasteiger partial charge in [0.25, 0.3) is 0 Å². The summed E-state index contributed by atoms with van der Waals surface area (Å²) in [5.41, 5.74) is 1.03. The molecule has 1 amide bonds. The third-order valence-corrected chi connectivity index (χ3v) is 2.78. The molecule has 1 heterocycles. The largest absolute Gasteiger partial charge is 0.417 e. The summed E-state index contributed by atoms with van der Waals surface area (Å²) in [6.45, 7) is 5.77. The summed E-state index contributed by atoms with van der Waals surface area (Å²) in [6, 6.07) is 9.60. The van der Waals surface area contributed by atoms with Crippen LogP contribution in [-0.2, 0) is 0 Å². The number of hydrogen-bond acceptors (Lipinski definition) is 4. The van der Waals surface area contributed by atoms with Crippen LogP contribution in [0.1, 0.15) is 54.9 Å². The lowest BCUT2D eigenvalue weighted by atomic mass is 10.1. The molecule has 0 bridgehead atoms. The normalized spacial score (nSPS) is 12.4. The average molecular weight is 259 g/mol. The third-order valence-electron chi connectivity index (χ3n) is 2.78. The highest BCUT2D eigenvalue weighted by molar-refractivity contribution is 5.89. The van der Waals surface area contributed by atoms with E-state index in [0.717, 1.165) is 5.56 Å². The Kier molecular flexibility index (Phi) is 3.94. The fourth-order valence-electron chi connectivity index (χ4n) is 1.64. The monoisotopic (exact) mass is 259 g/mol. The van der Waals surface area contributed by atoms with Gasteiger partial charge in [0.2, 0.25) is 5.89 Å². The zero-order chi connectivity index (χ0) is 13.8. The van der Waals surface area contributed by atoms with Crippen molar-refractivity contribution in [1.82, 2.24) is 15.5 Å². The van der Waals surface area contributed by atoms with E-state index in [0.29, 0.717) is 5.89 Å². The van der Waals surface area contributed by atoms with Crippen molar-refractivity contribution >= 4 is 5.91 Å². The van der Waals surface area contributed by atoms with Crippen molar-refractivity contribution < 1.29 is 9.21 Å². The molecule has 1 aromatic carbocycles. The quantitative estimate of drug-likeness (QED) is 0.916. The molecule has 2 aromatic rings. The summed E-state index contributed by atoms with van der Waals surface area (Å²) in [6.07, 6.45) is 0. The Morgan fingerprint density at radius 3 is 2.42 bits per heavy atom. The van der Waals surface area contributed by atoms with E-state index in [1.165, 1.54) is 0 Å². The SMILES string of the molecule is CC(C)c1nnc(C(=O)N[C@@H](C)c2ccccc2)o1. The molecule has 0 aliphatic heterocycles. The van der Waals surface area contributed by atoms with Gasteiger partial charge in [-0.15, -0.1) is 10.2 Å². The molecule has 19 heavy (non-hydrogen) atoms. The van der Waals surface area contributed by atoms with Gasteiger partial charge >= 0.3 is 11.8 Å². The minimum atomic E-state index is -0.351. The number of carbonyl (C=O) groups excluding carboxylic acids is 1. The molecule has 2 rings (SSSR count). The molecular weight excluding hydrogens is 242 g/mol. The first-order valence-corrected chi connectivity index (χ1v) is 6.27. The first-order chi connectivity index (χ1) is 9.08. The number of aromatic nitrogens is 2. The number of amides is 1. The molecule has 0 saturated heterocycles. The highest BCUT2D eigenvalue weighted by Gasteiger charge is 2.18. The number of nitrogens with zero attached hydrogens (tertiary/aromatic N) is 2. The van der Waals surface area contributed by atoms with E-state index in [1.54, 1.807) is 0 Å². The van der Waals surface area contributed by atoms with Gasteiger partial charge in [-0.2, -0.15) is 0 Å². The van der Waals surface area contributed by atoms with Crippen molar-refractivity contribution in [2.45, 2.75) is 32.7 Å². The van der Waals surface area contributed by atoms with Crippen molar-refractivity contribution in [3.8, 4) is 0 Å². The Bertz CT molecular complexity index is 549. The van der Waals surface area contributed by atoms with Gasteiger partial charge in [-0.1, -0.05) is 44.2 Å². The van der Waals surface area contributed by atoms with Crippen LogP contribution in [0.4, 0.5) is 0 Å². The first kappa shape index (κ1) is 13.3. The number of benzene rings is 1. The van der Waals surface area contributed by atoms with Crippen molar-refractivity contribution in [3.63, 3.8) is 0 Å². The first-order valence-electron chi connectivity index (χ1n) is 6.27. The molecule has 100 valence electrons. The molecule has 0 aliphatic rings. The summed E-state index contributed by atoms with van der Waals surface area (Å²) < 4.78 is 5.31. The highest BCUT2D eigenvalue weighted by atomic mass is 16.4. The van der Waals surface area contributed by atoms with Crippen molar-refractivity contribution in [1.29, 1.82) is 0 Å². The van der Waals surface area contributed by atoms with E-state index in [2.05, 4.69) is 15.5 Å². The predicted octanol–water partition coefficient (Wildman–Crippen LogP) is 2.68. The number of nitrogens with one attached hydrogen (secondary N) is 1. The van der Waals surface area contributed by atoms with Gasteiger partial charge < -0.3 is 9.73 Å². The van der Waals surface area contributed by atoms with Gasteiger partial charge in [-0.3, -0.25) is 4.79 Å². The van der Waals surface area contributed by atoms with Crippen molar-refractivity contribution in [2.24, 2.45) is 0 Å². The second-order valence-electron chi connectivity index (χ2n) is 4.71. The molecule has 0 aliphatic carbocycles. The van der Waals surface area contributed by atoms with Gasteiger partial charge in [0.1, 0.15) is 0 Å². The maximum absolute atomic E-state index is 12.0. The summed E-state index contributed by atoms with van der Waals surface area (Å²) >= 11 is 0. The van der Waals surface area contributed by atoms with Gasteiger partial charge in [-0.05, 0) is 12.5 Å². The van der Waals surface area contributed by atoms with Crippen LogP contribution < -0.4 is 5.32 Å². The maximum atomic E-state index is 12.0. The van der Waals surface area contributed by atoms with Crippen LogP contribution in [0.25, 0.3) is 0 Å². The summed E-state index contributed by atoms with van der Waals surface area (Å²) in [7, 11) is 0. The van der Waals surface area contributed by atoms with E-state index in [4.69, 9.17) is 4.42 Å². The molecule has 0 radical (unpaired) electrons. The predicted molar refractivity (Wildman–Crippen MR) is 70.7 cm³/mol. The molecule has 1 atom stereocenters. The van der Waals surface area contributed by atoms with Crippen LogP contribution in [0.15, 0.2) is 34.7 Å². The van der Waals surface area contributed by atoms with E-state index >= 15 is 0 Å². The minimum Gasteiger partial charge on any atom is -0.417 e. The fourth-order valence-corrected chi connectivity index (χ4v) is 1.64. The molecule has 1 N–H and O–H groups in total. The van der Waals surface area contributed by atoms with Gasteiger partial charge in [0.15, 0.2) is 0 Å². The smallest absolute Gasteiger partial charge is 0.309 e. The fraction of sp³-hybridized carbons (Fsp3) is 0.357. The molecule has 5 heteroatoms. The maximum Gasteiger partial charge on any atom is 0.309 e. The second kappa shape index (κ2) is 5.65. The highest BCUT2D eigenvalue weighted by Crippen LogP contribution is 2.14. The lowest BCUT2D eigenvalue weighted by molar-refractivity contribution is 0.0902. The standard InChI is InChI=1S/C14H17N3O2/c1-9(2)13-16-17-14(19-13)12(18)15-10(3)11-7-5-4-6-8-11/h4-10H,1-3H3,(H,15,18)/t10-/m0/s1. The van der Waals surface area contributed by atoms with E-state index in [9.17, 15) is 4.79 Å². The van der Waals surface area contributed by atoms with E-state index in [-0.39, 0.29) is 23.8 Å². The Hall–Kier alpha value is -2.17. The zero-order valence-electron chi connectivity index (χ0n) is 11.3. The summed E-state index contributed by atoms with van der Waals surface area (Å²) in [5.74, 6) is 0.236. The minimum absolute atomic E-state index is 0.00600. The molecular formula is C14H17N3O2. The van der Waals surface area contributed by atoms with Gasteiger partial charge in [0, 0.05) is 5.92 Å². The molecule has 1 aromatic heterocycles. The summed E-state index contributed by atoms with van der Waals surface area (Å²) in [5, 5.41) is 10.4. The number of hydrogen-bond donors (Lipinski definition) is 1. The lowest BCUT2D eigenvalue weighted by Gasteiger charge is -2.12. The molecule has 0 saturated carbocycles. The van der Waals surface area contributed by atoms with Crippen molar-refractivity contribution in [3.05, 3.63) is 47.7 Å². The van der Waals surface area contributed by atoms with Crippen LogP contribution >= 0.6 is 0 Å². The Morgan fingerprint density at radius 2 is 1.84 bits per heavy atom. The van der Waals surface area contributed by atoms with Gasteiger partial charge in [-0.25, -0.2) is 0 Å². The van der Waals surface area contributed by atoms with Crippen LogP contribution in [0.3, 0.4) is 0 Å². The molecule has 0 unspecified atom stereocenters. The average Bonchev–Trinajstić information content (AvgIpc) is 2.89.